The molecule has 0 unspecified atom stereocenters. The molecule has 1 nitrogen and oxygen atoms in total. The first-order chi connectivity index (χ1) is 8.00. The highest BCUT2D eigenvalue weighted by Crippen LogP contribution is 2.38. The van der Waals surface area contributed by atoms with Crippen molar-refractivity contribution in [3.05, 3.63) is 58.6 Å². The Morgan fingerprint density at radius 1 is 1.44 bits per heavy atom. The van der Waals surface area contributed by atoms with E-state index in [2.05, 4.69) is 22.5 Å². The molecule has 0 saturated carbocycles. The van der Waals surface area contributed by atoms with Crippen LogP contribution in [0.15, 0.2) is 53.0 Å². The lowest BCUT2D eigenvalue weighted by atomic mass is 9.84. The van der Waals surface area contributed by atoms with Crippen molar-refractivity contribution in [1.29, 1.82) is 0 Å². The summed E-state index contributed by atoms with van der Waals surface area (Å²) >= 11 is 3.39. The lowest BCUT2D eigenvalue weighted by molar-refractivity contribution is -0.119. The smallest absolute Gasteiger partial charge is 0.137 e. The molecule has 16 heavy (non-hydrogen) atoms. The number of allylic oxidation sites excluding steroid dienone is 3. The van der Waals surface area contributed by atoms with Crippen LogP contribution in [0.3, 0.4) is 0 Å². The van der Waals surface area contributed by atoms with E-state index in [9.17, 15) is 4.79 Å². The van der Waals surface area contributed by atoms with Crippen LogP contribution in [-0.2, 0) is 4.79 Å². The van der Waals surface area contributed by atoms with E-state index in [1.165, 1.54) is 6.92 Å². The molecule has 0 saturated heterocycles. The Morgan fingerprint density at radius 3 is 2.62 bits per heavy atom. The van der Waals surface area contributed by atoms with Gasteiger partial charge in [-0.3, -0.25) is 4.79 Å². The summed E-state index contributed by atoms with van der Waals surface area (Å²) in [6.45, 7) is 5.50. The van der Waals surface area contributed by atoms with Crippen LogP contribution in [0.5, 0.6) is 0 Å². The van der Waals surface area contributed by atoms with E-state index >= 15 is 0 Å². The quantitative estimate of drug-likeness (QED) is 0.802. The Hall–Kier alpha value is -1.15. The standard InChI is InChI=1S/C14H13BrO/c1-9-3-8-13(10(2)16)14(9)11-4-6-12(15)7-5-11/h3-8,13-14H,1H2,2H3/t13-,14-/m1/s1/i8D. The highest BCUT2D eigenvalue weighted by Gasteiger charge is 2.30. The molecule has 0 spiro atoms. The molecular formula is C14H13BrO. The summed E-state index contributed by atoms with van der Waals surface area (Å²) in [5.41, 5.74) is 1.88. The molecule has 2 rings (SSSR count). The Balaban J connectivity index is 2.41. The van der Waals surface area contributed by atoms with E-state index in [1.54, 1.807) is 6.08 Å². The summed E-state index contributed by atoms with van der Waals surface area (Å²) < 4.78 is 8.85. The van der Waals surface area contributed by atoms with Crippen molar-refractivity contribution in [2.45, 2.75) is 12.8 Å². The molecule has 0 N–H and O–H groups in total. The van der Waals surface area contributed by atoms with Gasteiger partial charge in [0.05, 0.1) is 1.37 Å². The summed E-state index contributed by atoms with van der Waals surface area (Å²) in [6, 6.07) is 8.21. The number of hydrogen-bond donors (Lipinski definition) is 0. The van der Waals surface area contributed by atoms with Crippen LogP contribution >= 0.6 is 15.9 Å². The zero-order valence-electron chi connectivity index (χ0n) is 10.0. The predicted octanol–water partition coefficient (Wildman–Crippen LogP) is 3.86. The van der Waals surface area contributed by atoms with Crippen LogP contribution in [0.25, 0.3) is 0 Å². The number of carbonyl (C=O) groups excluding carboxylic acids is 1. The zero-order valence-corrected chi connectivity index (χ0v) is 10.6. The minimum absolute atomic E-state index is 0.0258. The Labute approximate surface area is 105 Å². The second-order valence-electron chi connectivity index (χ2n) is 4.00. The van der Waals surface area contributed by atoms with E-state index in [4.69, 9.17) is 1.37 Å². The molecule has 0 radical (unpaired) electrons. The summed E-state index contributed by atoms with van der Waals surface area (Å²) in [4.78, 5) is 11.6. The largest absolute Gasteiger partial charge is 0.299 e. The summed E-state index contributed by atoms with van der Waals surface area (Å²) in [5, 5.41) is 0. The molecule has 1 aromatic carbocycles. The average molecular weight is 278 g/mol. The fourth-order valence-electron chi connectivity index (χ4n) is 2.03. The number of halogens is 1. The molecule has 1 aliphatic rings. The van der Waals surface area contributed by atoms with Crippen LogP contribution < -0.4 is 0 Å². The maximum atomic E-state index is 11.6. The van der Waals surface area contributed by atoms with Crippen molar-refractivity contribution in [3.63, 3.8) is 0 Å². The molecule has 0 fully saturated rings. The van der Waals surface area contributed by atoms with Gasteiger partial charge in [0, 0.05) is 16.3 Å². The Bertz CT molecular complexity index is 501. The minimum Gasteiger partial charge on any atom is -0.299 e. The van der Waals surface area contributed by atoms with Gasteiger partial charge >= 0.3 is 0 Å². The van der Waals surface area contributed by atoms with Gasteiger partial charge in [0.15, 0.2) is 0 Å². The van der Waals surface area contributed by atoms with Crippen molar-refractivity contribution in [3.8, 4) is 0 Å². The van der Waals surface area contributed by atoms with E-state index < -0.39 is 0 Å². The van der Waals surface area contributed by atoms with Crippen LogP contribution in [0.1, 0.15) is 19.8 Å². The number of Topliss-reactive ketones (excluding diaryl/α,β-unsaturated/α-hetero) is 1. The van der Waals surface area contributed by atoms with E-state index in [0.29, 0.717) is 6.05 Å². The van der Waals surface area contributed by atoms with Gasteiger partial charge in [0.2, 0.25) is 0 Å². The van der Waals surface area contributed by atoms with Gasteiger partial charge in [0.25, 0.3) is 0 Å². The third-order valence-corrected chi connectivity index (χ3v) is 3.38. The predicted molar refractivity (Wildman–Crippen MR) is 69.3 cm³/mol. The van der Waals surface area contributed by atoms with Crippen molar-refractivity contribution < 1.29 is 6.17 Å². The molecule has 1 aliphatic carbocycles. The van der Waals surface area contributed by atoms with Crippen molar-refractivity contribution in [2.24, 2.45) is 5.92 Å². The summed E-state index contributed by atoms with van der Waals surface area (Å²) in [7, 11) is 0. The number of ketones is 1. The van der Waals surface area contributed by atoms with E-state index in [-0.39, 0.29) is 17.6 Å². The normalized spacial score (nSPS) is 25.2. The zero-order chi connectivity index (χ0) is 12.6. The highest BCUT2D eigenvalue weighted by molar-refractivity contribution is 9.10. The summed E-state index contributed by atoms with van der Waals surface area (Å²) in [6.07, 6.45) is 1.71. The number of rotatable bonds is 2. The molecule has 0 heterocycles. The van der Waals surface area contributed by atoms with Crippen LogP contribution in [-0.4, -0.2) is 5.78 Å². The molecule has 2 heteroatoms. The molecule has 0 aliphatic heterocycles. The second-order valence-corrected chi connectivity index (χ2v) is 4.92. The van der Waals surface area contributed by atoms with Gasteiger partial charge in [-0.15, -0.1) is 0 Å². The topological polar surface area (TPSA) is 17.1 Å². The van der Waals surface area contributed by atoms with Gasteiger partial charge < -0.3 is 0 Å². The fourth-order valence-corrected chi connectivity index (χ4v) is 2.29. The van der Waals surface area contributed by atoms with Crippen LogP contribution in [0.4, 0.5) is 0 Å². The van der Waals surface area contributed by atoms with Crippen molar-refractivity contribution in [2.75, 3.05) is 0 Å². The third kappa shape index (κ3) is 2.03. The molecule has 0 aromatic heterocycles. The number of hydrogen-bond acceptors (Lipinski definition) is 1. The third-order valence-electron chi connectivity index (χ3n) is 2.85. The van der Waals surface area contributed by atoms with Gasteiger partial charge in [0.1, 0.15) is 5.78 Å². The van der Waals surface area contributed by atoms with Crippen LogP contribution in [0, 0.1) is 5.92 Å². The molecular weight excluding hydrogens is 264 g/mol. The van der Waals surface area contributed by atoms with Gasteiger partial charge in [-0.2, -0.15) is 0 Å². The van der Waals surface area contributed by atoms with Gasteiger partial charge in [-0.1, -0.05) is 46.8 Å². The first kappa shape index (κ1) is 10.0. The van der Waals surface area contributed by atoms with Crippen molar-refractivity contribution in [1.82, 2.24) is 0 Å². The minimum atomic E-state index is -0.372. The molecule has 0 bridgehead atoms. The van der Waals surface area contributed by atoms with Crippen molar-refractivity contribution >= 4 is 21.7 Å². The lowest BCUT2D eigenvalue weighted by Gasteiger charge is -2.18. The molecule has 1 aromatic rings. The van der Waals surface area contributed by atoms with Crippen LogP contribution in [0.2, 0.25) is 0 Å². The van der Waals surface area contributed by atoms with Gasteiger partial charge in [-0.05, 0) is 30.2 Å². The fraction of sp³-hybridized carbons (Fsp3) is 0.214. The highest BCUT2D eigenvalue weighted by atomic mass is 79.9. The number of benzene rings is 1. The maximum absolute atomic E-state index is 11.6. The second kappa shape index (κ2) is 4.38. The summed E-state index contributed by atoms with van der Waals surface area (Å²) in [5.74, 6) is -0.422. The first-order valence-corrected chi connectivity index (χ1v) is 5.93. The van der Waals surface area contributed by atoms with E-state index in [1.807, 2.05) is 24.3 Å². The molecule has 82 valence electrons. The Kier molecular flexibility index (Phi) is 2.75. The monoisotopic (exact) mass is 277 g/mol. The number of carbonyl (C=O) groups is 1. The molecule has 0 amide bonds. The Morgan fingerprint density at radius 2 is 2.06 bits per heavy atom. The average Bonchev–Trinajstić information content (AvgIpc) is 2.55. The van der Waals surface area contributed by atoms with E-state index in [0.717, 1.165) is 15.6 Å². The lowest BCUT2D eigenvalue weighted by Crippen LogP contribution is -2.15. The first-order valence-electron chi connectivity index (χ1n) is 5.63. The molecule has 2 atom stereocenters. The maximum Gasteiger partial charge on any atom is 0.137 e. The SMILES string of the molecule is [2H]C1=CC(=C)[C@H](c2ccc(Br)cc2)[C@H]1C(C)=O. The van der Waals surface area contributed by atoms with Gasteiger partial charge in [-0.25, -0.2) is 0 Å².